The van der Waals surface area contributed by atoms with E-state index in [-0.39, 0.29) is 10.7 Å². The van der Waals surface area contributed by atoms with Crippen LogP contribution in [0.2, 0.25) is 0 Å². The summed E-state index contributed by atoms with van der Waals surface area (Å²) in [6.07, 6.45) is 3.38. The van der Waals surface area contributed by atoms with Crippen molar-refractivity contribution in [3.63, 3.8) is 0 Å². The molecule has 0 bridgehead atoms. The maximum Gasteiger partial charge on any atom is 0.263 e. The van der Waals surface area contributed by atoms with Crippen LogP contribution in [0.1, 0.15) is 5.69 Å². The lowest BCUT2D eigenvalue weighted by Gasteiger charge is -2.10. The molecule has 8 nitrogen and oxygen atoms in total. The molecule has 2 heterocycles. The average molecular weight is 374 g/mol. The van der Waals surface area contributed by atoms with E-state index in [1.54, 1.807) is 23.1 Å². The van der Waals surface area contributed by atoms with Gasteiger partial charge < -0.3 is 9.47 Å². The molecule has 0 amide bonds. The average Bonchev–Trinajstić information content (AvgIpc) is 3.08. The number of hydrogen-bond acceptors (Lipinski definition) is 6. The molecule has 3 aromatic rings. The van der Waals surface area contributed by atoms with Crippen LogP contribution in [0.25, 0.3) is 0 Å². The summed E-state index contributed by atoms with van der Waals surface area (Å²) in [5.41, 5.74) is 0.824. The number of hydrogen-bond donors (Lipinski definition) is 1. The number of anilines is 1. The Kier molecular flexibility index (Phi) is 5.08. The van der Waals surface area contributed by atoms with Gasteiger partial charge in [-0.2, -0.15) is 5.10 Å². The fourth-order valence-electron chi connectivity index (χ4n) is 2.34. The van der Waals surface area contributed by atoms with Gasteiger partial charge in [-0.05, 0) is 24.3 Å². The minimum absolute atomic E-state index is 0.0504. The number of sulfonamides is 1. The fraction of sp³-hybridized carbons (Fsp3) is 0.176. The summed E-state index contributed by atoms with van der Waals surface area (Å²) in [5.74, 6) is 0.998. The number of benzene rings is 1. The first-order chi connectivity index (χ1) is 12.5. The van der Waals surface area contributed by atoms with E-state index in [4.69, 9.17) is 9.47 Å². The third-order valence-corrected chi connectivity index (χ3v) is 4.95. The van der Waals surface area contributed by atoms with Crippen LogP contribution in [0.3, 0.4) is 0 Å². The van der Waals surface area contributed by atoms with Crippen molar-refractivity contribution in [1.82, 2.24) is 14.8 Å². The van der Waals surface area contributed by atoms with E-state index in [0.29, 0.717) is 18.0 Å². The van der Waals surface area contributed by atoms with E-state index in [0.717, 1.165) is 5.69 Å². The summed E-state index contributed by atoms with van der Waals surface area (Å²) in [4.78, 5) is 4.27. The number of aromatic nitrogens is 3. The van der Waals surface area contributed by atoms with E-state index in [2.05, 4.69) is 14.8 Å². The molecule has 0 aliphatic heterocycles. The first-order valence-corrected chi connectivity index (χ1v) is 9.18. The zero-order valence-corrected chi connectivity index (χ0v) is 15.1. The Hall–Kier alpha value is -3.07. The molecule has 0 spiro atoms. The van der Waals surface area contributed by atoms with E-state index in [1.807, 2.05) is 18.2 Å². The van der Waals surface area contributed by atoms with Gasteiger partial charge in [-0.1, -0.05) is 6.07 Å². The van der Waals surface area contributed by atoms with Crippen LogP contribution in [0.4, 0.5) is 5.82 Å². The zero-order chi connectivity index (χ0) is 18.6. The molecule has 0 saturated heterocycles. The second-order valence-corrected chi connectivity index (χ2v) is 7.02. The Labute approximate surface area is 151 Å². The summed E-state index contributed by atoms with van der Waals surface area (Å²) < 4.78 is 39.5. The van der Waals surface area contributed by atoms with Gasteiger partial charge >= 0.3 is 0 Å². The highest BCUT2D eigenvalue weighted by atomic mass is 32.2. The third-order valence-electron chi connectivity index (χ3n) is 3.60. The summed E-state index contributed by atoms with van der Waals surface area (Å²) in [6, 6.07) is 11.5. The molecule has 136 valence electrons. The van der Waals surface area contributed by atoms with Crippen molar-refractivity contribution >= 4 is 15.8 Å². The number of rotatable bonds is 7. The smallest absolute Gasteiger partial charge is 0.263 e. The molecule has 0 saturated carbocycles. The highest BCUT2D eigenvalue weighted by molar-refractivity contribution is 7.92. The molecular formula is C17H18N4O4S. The van der Waals surface area contributed by atoms with Crippen molar-refractivity contribution in [3.8, 4) is 11.5 Å². The molecule has 0 radical (unpaired) electrons. The molecule has 0 atom stereocenters. The number of methoxy groups -OCH3 is 2. The van der Waals surface area contributed by atoms with Crippen molar-refractivity contribution in [2.75, 3.05) is 18.9 Å². The van der Waals surface area contributed by atoms with E-state index >= 15 is 0 Å². The van der Waals surface area contributed by atoms with Gasteiger partial charge in [0, 0.05) is 24.5 Å². The second kappa shape index (κ2) is 7.44. The Morgan fingerprint density at radius 1 is 1.08 bits per heavy atom. The number of nitrogens with one attached hydrogen (secondary N) is 1. The van der Waals surface area contributed by atoms with Gasteiger partial charge in [0.15, 0.2) is 17.3 Å². The Morgan fingerprint density at radius 3 is 2.58 bits per heavy atom. The van der Waals surface area contributed by atoms with Crippen molar-refractivity contribution in [2.24, 2.45) is 0 Å². The summed E-state index contributed by atoms with van der Waals surface area (Å²) in [6.45, 7) is 0.443. The fourth-order valence-corrected chi connectivity index (χ4v) is 3.35. The molecular weight excluding hydrogens is 356 g/mol. The predicted octanol–water partition coefficient (Wildman–Crippen LogP) is 2.14. The highest BCUT2D eigenvalue weighted by Crippen LogP contribution is 2.29. The Bertz CT molecular complexity index is 987. The maximum atomic E-state index is 12.6. The van der Waals surface area contributed by atoms with Gasteiger partial charge in [0.25, 0.3) is 10.0 Å². The van der Waals surface area contributed by atoms with Crippen LogP contribution in [0.5, 0.6) is 11.5 Å². The molecule has 0 aliphatic rings. The van der Waals surface area contributed by atoms with Crippen LogP contribution in [-0.2, 0) is 16.6 Å². The first-order valence-electron chi connectivity index (χ1n) is 7.70. The number of nitrogens with zero attached hydrogens (tertiary/aromatic N) is 3. The maximum absolute atomic E-state index is 12.6. The van der Waals surface area contributed by atoms with Gasteiger partial charge in [0.05, 0.1) is 31.4 Å². The highest BCUT2D eigenvalue weighted by Gasteiger charge is 2.18. The van der Waals surface area contributed by atoms with Crippen molar-refractivity contribution in [2.45, 2.75) is 11.4 Å². The normalized spacial score (nSPS) is 11.2. The Morgan fingerprint density at radius 2 is 1.88 bits per heavy atom. The predicted molar refractivity (Wildman–Crippen MR) is 95.9 cm³/mol. The molecule has 0 fully saturated rings. The van der Waals surface area contributed by atoms with Crippen molar-refractivity contribution in [3.05, 3.63) is 60.6 Å². The van der Waals surface area contributed by atoms with Crippen molar-refractivity contribution < 1.29 is 17.9 Å². The largest absolute Gasteiger partial charge is 0.493 e. The van der Waals surface area contributed by atoms with Gasteiger partial charge in [-0.25, -0.2) is 8.42 Å². The SMILES string of the molecule is COc1ccc(S(=O)(=O)Nc2ccn(Cc3ccccn3)n2)cc1OC. The topological polar surface area (TPSA) is 95.3 Å². The van der Waals surface area contributed by atoms with E-state index < -0.39 is 10.0 Å². The molecule has 3 rings (SSSR count). The Balaban J connectivity index is 1.78. The lowest BCUT2D eigenvalue weighted by atomic mass is 10.3. The number of pyridine rings is 1. The van der Waals surface area contributed by atoms with Crippen LogP contribution in [-0.4, -0.2) is 37.4 Å². The quantitative estimate of drug-likeness (QED) is 0.681. The second-order valence-electron chi connectivity index (χ2n) is 5.34. The van der Waals surface area contributed by atoms with Crippen LogP contribution in [0.15, 0.2) is 59.8 Å². The minimum atomic E-state index is -3.81. The minimum Gasteiger partial charge on any atom is -0.493 e. The van der Waals surface area contributed by atoms with Crippen LogP contribution >= 0.6 is 0 Å². The zero-order valence-electron chi connectivity index (χ0n) is 14.3. The van der Waals surface area contributed by atoms with Gasteiger partial charge in [-0.3, -0.25) is 14.4 Å². The molecule has 1 aromatic carbocycles. The summed E-state index contributed by atoms with van der Waals surface area (Å²) in [5, 5.41) is 4.22. The van der Waals surface area contributed by atoms with Gasteiger partial charge in [0.1, 0.15) is 0 Å². The van der Waals surface area contributed by atoms with Crippen LogP contribution in [0, 0.1) is 0 Å². The van der Waals surface area contributed by atoms with Crippen LogP contribution < -0.4 is 14.2 Å². The molecule has 9 heteroatoms. The molecule has 2 aromatic heterocycles. The van der Waals surface area contributed by atoms with Gasteiger partial charge in [-0.15, -0.1) is 0 Å². The molecule has 0 aliphatic carbocycles. The van der Waals surface area contributed by atoms with Crippen molar-refractivity contribution in [1.29, 1.82) is 0 Å². The third kappa shape index (κ3) is 3.94. The van der Waals surface area contributed by atoms with Gasteiger partial charge in [0.2, 0.25) is 0 Å². The lowest BCUT2D eigenvalue weighted by Crippen LogP contribution is -2.14. The van der Waals surface area contributed by atoms with E-state index in [9.17, 15) is 8.42 Å². The molecule has 0 unspecified atom stereocenters. The summed E-state index contributed by atoms with van der Waals surface area (Å²) in [7, 11) is -0.877. The standard InChI is InChI=1S/C17H18N4O4S/c1-24-15-7-6-14(11-16(15)25-2)26(22,23)20-17-8-10-21(19-17)12-13-5-3-4-9-18-13/h3-11H,12H2,1-2H3,(H,19,20). The molecule has 26 heavy (non-hydrogen) atoms. The monoisotopic (exact) mass is 374 g/mol. The van der Waals surface area contributed by atoms with E-state index in [1.165, 1.54) is 32.4 Å². The summed E-state index contributed by atoms with van der Waals surface area (Å²) >= 11 is 0. The first kappa shape index (κ1) is 17.7. The lowest BCUT2D eigenvalue weighted by molar-refractivity contribution is 0.354. The number of ether oxygens (including phenoxy) is 2. The molecule has 1 N–H and O–H groups in total.